The number of ketones is 1. The van der Waals surface area contributed by atoms with Gasteiger partial charge in [-0.05, 0) is 25.0 Å². The first kappa shape index (κ1) is 13.7. The van der Waals surface area contributed by atoms with Crippen LogP contribution in [-0.2, 0) is 6.18 Å². The Morgan fingerprint density at radius 1 is 1.19 bits per heavy atom. The lowest BCUT2D eigenvalue weighted by molar-refractivity contribution is -0.141. The van der Waals surface area contributed by atoms with Gasteiger partial charge in [-0.1, -0.05) is 0 Å². The highest BCUT2D eigenvalue weighted by Crippen LogP contribution is 2.41. The molecule has 0 saturated heterocycles. The Morgan fingerprint density at radius 3 is 2.62 bits per heavy atom. The van der Waals surface area contributed by atoms with Crippen molar-refractivity contribution in [2.24, 2.45) is 0 Å². The van der Waals surface area contributed by atoms with Gasteiger partial charge < -0.3 is 0 Å². The molecule has 0 bridgehead atoms. The Bertz CT molecular complexity index is 696. The van der Waals surface area contributed by atoms with E-state index >= 15 is 0 Å². The summed E-state index contributed by atoms with van der Waals surface area (Å²) >= 11 is 0. The molecule has 1 aliphatic carbocycles. The zero-order chi connectivity index (χ0) is 15.0. The lowest BCUT2D eigenvalue weighted by Gasteiger charge is -2.11. The summed E-state index contributed by atoms with van der Waals surface area (Å²) in [6.07, 6.45) is 0.686. The van der Waals surface area contributed by atoms with Crippen molar-refractivity contribution in [1.29, 1.82) is 0 Å². The van der Waals surface area contributed by atoms with Crippen LogP contribution in [0, 0.1) is 0 Å². The number of carbonyl (C=O) groups is 1. The summed E-state index contributed by atoms with van der Waals surface area (Å²) < 4.78 is 38.8. The smallest absolute Gasteiger partial charge is 0.288 e. The molecule has 4 nitrogen and oxygen atoms in total. The molecule has 0 N–H and O–H groups in total. The first-order chi connectivity index (χ1) is 9.98. The molecule has 0 radical (unpaired) electrons. The molecule has 2 aromatic rings. The van der Waals surface area contributed by atoms with E-state index in [2.05, 4.69) is 15.0 Å². The van der Waals surface area contributed by atoms with Crippen molar-refractivity contribution >= 4 is 5.78 Å². The Hall–Kier alpha value is -2.31. The van der Waals surface area contributed by atoms with E-state index in [9.17, 15) is 18.0 Å². The van der Waals surface area contributed by atoms with E-state index in [1.807, 2.05) is 0 Å². The zero-order valence-corrected chi connectivity index (χ0v) is 10.8. The summed E-state index contributed by atoms with van der Waals surface area (Å²) in [6.45, 7) is 0. The standard InChI is InChI=1S/C14H10F3N3O/c15-14(16,17)13-9(2-1-5-19-13)12(21)10-6-18-7-20-11(10)8-3-4-8/h1-2,5-8H,3-4H2. The summed E-state index contributed by atoms with van der Waals surface area (Å²) in [6, 6.07) is 2.44. The van der Waals surface area contributed by atoms with Gasteiger partial charge in [-0.25, -0.2) is 9.97 Å². The second-order valence-corrected chi connectivity index (χ2v) is 4.82. The fraction of sp³-hybridized carbons (Fsp3) is 0.286. The first-order valence-electron chi connectivity index (χ1n) is 6.35. The number of nitrogens with zero attached hydrogens (tertiary/aromatic N) is 3. The van der Waals surface area contributed by atoms with Crippen LogP contribution in [0.4, 0.5) is 13.2 Å². The number of pyridine rings is 1. The second-order valence-electron chi connectivity index (χ2n) is 4.82. The topological polar surface area (TPSA) is 55.7 Å². The Morgan fingerprint density at radius 2 is 1.95 bits per heavy atom. The zero-order valence-electron chi connectivity index (χ0n) is 10.8. The van der Waals surface area contributed by atoms with Crippen LogP contribution in [0.15, 0.2) is 30.9 Å². The van der Waals surface area contributed by atoms with Crippen LogP contribution in [0.25, 0.3) is 0 Å². The highest BCUT2D eigenvalue weighted by Gasteiger charge is 2.38. The molecule has 0 amide bonds. The predicted octanol–water partition coefficient (Wildman–Crippen LogP) is 3.00. The van der Waals surface area contributed by atoms with Crippen LogP contribution in [-0.4, -0.2) is 20.7 Å². The fourth-order valence-corrected chi connectivity index (χ4v) is 2.16. The van der Waals surface area contributed by atoms with Gasteiger partial charge in [0, 0.05) is 18.3 Å². The van der Waals surface area contributed by atoms with Crippen molar-refractivity contribution in [2.45, 2.75) is 24.9 Å². The van der Waals surface area contributed by atoms with Crippen molar-refractivity contribution in [3.05, 3.63) is 53.4 Å². The van der Waals surface area contributed by atoms with Crippen molar-refractivity contribution in [3.63, 3.8) is 0 Å². The maximum atomic E-state index is 12.9. The van der Waals surface area contributed by atoms with Crippen LogP contribution >= 0.6 is 0 Å². The van der Waals surface area contributed by atoms with E-state index in [0.29, 0.717) is 5.69 Å². The predicted molar refractivity (Wildman–Crippen MR) is 66.7 cm³/mol. The third kappa shape index (κ3) is 2.63. The molecule has 0 aromatic carbocycles. The molecule has 7 heteroatoms. The van der Waals surface area contributed by atoms with Gasteiger partial charge in [0.2, 0.25) is 0 Å². The van der Waals surface area contributed by atoms with Crippen LogP contribution in [0.1, 0.15) is 46.1 Å². The van der Waals surface area contributed by atoms with Gasteiger partial charge in [0.25, 0.3) is 0 Å². The van der Waals surface area contributed by atoms with Crippen LogP contribution in [0.2, 0.25) is 0 Å². The van der Waals surface area contributed by atoms with Gasteiger partial charge >= 0.3 is 6.18 Å². The number of aromatic nitrogens is 3. The summed E-state index contributed by atoms with van der Waals surface area (Å²) in [5.74, 6) is -0.601. The van der Waals surface area contributed by atoms with Gasteiger partial charge in [-0.3, -0.25) is 9.78 Å². The molecule has 3 rings (SSSR count). The fourth-order valence-electron chi connectivity index (χ4n) is 2.16. The Kier molecular flexibility index (Phi) is 3.19. The molecule has 1 fully saturated rings. The molecule has 21 heavy (non-hydrogen) atoms. The molecule has 0 unspecified atom stereocenters. The molecular formula is C14H10F3N3O. The third-order valence-electron chi connectivity index (χ3n) is 3.27. The minimum Gasteiger partial charge on any atom is -0.288 e. The lowest BCUT2D eigenvalue weighted by Crippen LogP contribution is -2.17. The first-order valence-corrected chi connectivity index (χ1v) is 6.35. The number of rotatable bonds is 3. The maximum Gasteiger partial charge on any atom is 0.434 e. The molecule has 1 aliphatic rings. The normalized spacial score (nSPS) is 15.0. The molecule has 0 atom stereocenters. The minimum atomic E-state index is -4.68. The van der Waals surface area contributed by atoms with Crippen molar-refractivity contribution in [2.75, 3.05) is 0 Å². The van der Waals surface area contributed by atoms with Crippen LogP contribution in [0.5, 0.6) is 0 Å². The average Bonchev–Trinajstić information content (AvgIpc) is 3.30. The summed E-state index contributed by atoms with van der Waals surface area (Å²) in [7, 11) is 0. The van der Waals surface area contributed by atoms with E-state index in [4.69, 9.17) is 0 Å². The largest absolute Gasteiger partial charge is 0.434 e. The van der Waals surface area contributed by atoms with Gasteiger partial charge in [0.15, 0.2) is 11.5 Å². The van der Waals surface area contributed by atoms with Crippen molar-refractivity contribution < 1.29 is 18.0 Å². The van der Waals surface area contributed by atoms with Crippen LogP contribution < -0.4 is 0 Å². The number of halogens is 3. The van der Waals surface area contributed by atoms with Gasteiger partial charge in [0.05, 0.1) is 16.8 Å². The van der Waals surface area contributed by atoms with Gasteiger partial charge in [-0.2, -0.15) is 13.2 Å². The number of hydrogen-bond donors (Lipinski definition) is 0. The van der Waals surface area contributed by atoms with E-state index in [-0.39, 0.29) is 11.5 Å². The highest BCUT2D eigenvalue weighted by molar-refractivity contribution is 6.10. The minimum absolute atomic E-state index is 0.124. The Labute approximate surface area is 118 Å². The van der Waals surface area contributed by atoms with Crippen molar-refractivity contribution in [3.8, 4) is 0 Å². The van der Waals surface area contributed by atoms with Crippen molar-refractivity contribution in [1.82, 2.24) is 15.0 Å². The van der Waals surface area contributed by atoms with Gasteiger partial charge in [0.1, 0.15) is 6.33 Å². The summed E-state index contributed by atoms with van der Waals surface area (Å²) in [4.78, 5) is 23.6. The van der Waals surface area contributed by atoms with E-state index in [1.165, 1.54) is 18.6 Å². The monoisotopic (exact) mass is 293 g/mol. The molecule has 108 valence electrons. The molecular weight excluding hydrogens is 283 g/mol. The van der Waals surface area contributed by atoms with Gasteiger partial charge in [-0.15, -0.1) is 0 Å². The lowest BCUT2D eigenvalue weighted by atomic mass is 10.00. The molecule has 1 saturated carbocycles. The number of hydrogen-bond acceptors (Lipinski definition) is 4. The highest BCUT2D eigenvalue weighted by atomic mass is 19.4. The number of alkyl halides is 3. The van der Waals surface area contributed by atoms with E-state index < -0.39 is 23.2 Å². The molecule has 0 spiro atoms. The van der Waals surface area contributed by atoms with E-state index in [1.54, 1.807) is 0 Å². The quantitative estimate of drug-likeness (QED) is 0.816. The molecule has 0 aliphatic heterocycles. The van der Waals surface area contributed by atoms with Crippen LogP contribution in [0.3, 0.4) is 0 Å². The summed E-state index contributed by atoms with van der Waals surface area (Å²) in [5.41, 5.74) is -1.01. The second kappa shape index (κ2) is 4.91. The Balaban J connectivity index is 2.08. The SMILES string of the molecule is O=C(c1cncnc1C1CC1)c1cccnc1C(F)(F)F. The average molecular weight is 293 g/mol. The maximum absolute atomic E-state index is 12.9. The third-order valence-corrected chi connectivity index (χ3v) is 3.27. The molecule has 2 aromatic heterocycles. The van der Waals surface area contributed by atoms with E-state index in [0.717, 1.165) is 25.1 Å². The number of carbonyl (C=O) groups excluding carboxylic acids is 1. The molecule has 2 heterocycles. The summed E-state index contributed by atoms with van der Waals surface area (Å²) in [5, 5.41) is 0.